The van der Waals surface area contributed by atoms with Crippen molar-refractivity contribution in [3.05, 3.63) is 36.2 Å². The third-order valence-electron chi connectivity index (χ3n) is 3.57. The second kappa shape index (κ2) is 7.31. The normalized spacial score (nSPS) is 17.2. The van der Waals surface area contributed by atoms with Crippen LogP contribution in [0.4, 0.5) is 0 Å². The van der Waals surface area contributed by atoms with Gasteiger partial charge in [0.25, 0.3) is 0 Å². The monoisotopic (exact) mass is 318 g/mol. The maximum absolute atomic E-state index is 12.3. The van der Waals surface area contributed by atoms with Crippen LogP contribution in [0.15, 0.2) is 35.7 Å². The molecule has 0 aliphatic carbocycles. The minimum absolute atomic E-state index is 0.0288. The van der Waals surface area contributed by atoms with Crippen molar-refractivity contribution in [3.8, 4) is 5.75 Å². The first kappa shape index (κ1) is 14.9. The predicted molar refractivity (Wildman–Crippen MR) is 83.9 cm³/mol. The molecule has 0 saturated carbocycles. The number of amides is 1. The molecule has 2 aromatic rings. The summed E-state index contributed by atoms with van der Waals surface area (Å²) in [5.74, 6) is 1.73. The molecule has 3 rings (SSSR count). The molecule has 2 heterocycles. The van der Waals surface area contributed by atoms with Gasteiger partial charge in [0.05, 0.1) is 6.61 Å². The highest BCUT2D eigenvalue weighted by Gasteiger charge is 2.23. The van der Waals surface area contributed by atoms with E-state index in [-0.39, 0.29) is 11.8 Å². The van der Waals surface area contributed by atoms with E-state index < -0.39 is 0 Å². The summed E-state index contributed by atoms with van der Waals surface area (Å²) in [7, 11) is 0. The molecule has 2 N–H and O–H groups in total. The zero-order valence-electron chi connectivity index (χ0n) is 12.1. The fraction of sp³-hybridized carbons (Fsp3) is 0.400. The van der Waals surface area contributed by atoms with E-state index >= 15 is 0 Å². The number of fused-ring (bicyclic) bond motifs is 1. The van der Waals surface area contributed by atoms with Crippen molar-refractivity contribution in [3.63, 3.8) is 0 Å². The van der Waals surface area contributed by atoms with Gasteiger partial charge in [-0.3, -0.25) is 9.89 Å². The van der Waals surface area contributed by atoms with Crippen LogP contribution in [-0.2, 0) is 11.2 Å². The number of thioether (sulfide) groups is 1. The summed E-state index contributed by atoms with van der Waals surface area (Å²) >= 11 is 1.54. The van der Waals surface area contributed by atoms with Gasteiger partial charge < -0.3 is 10.1 Å². The number of carbonyl (C=O) groups excluding carboxylic acids is 1. The molecule has 6 nitrogen and oxygen atoms in total. The molecule has 1 aliphatic heterocycles. The van der Waals surface area contributed by atoms with E-state index in [4.69, 9.17) is 4.74 Å². The van der Waals surface area contributed by atoms with Crippen molar-refractivity contribution in [1.82, 2.24) is 20.5 Å². The molecule has 0 radical (unpaired) electrons. The van der Waals surface area contributed by atoms with Crippen molar-refractivity contribution in [1.29, 1.82) is 0 Å². The van der Waals surface area contributed by atoms with Gasteiger partial charge in [0.15, 0.2) is 5.16 Å². The van der Waals surface area contributed by atoms with Crippen LogP contribution in [0.1, 0.15) is 12.0 Å². The van der Waals surface area contributed by atoms with Crippen molar-refractivity contribution in [2.45, 2.75) is 18.0 Å². The van der Waals surface area contributed by atoms with E-state index in [1.807, 2.05) is 24.3 Å². The maximum Gasteiger partial charge on any atom is 0.223 e. The van der Waals surface area contributed by atoms with Crippen LogP contribution >= 0.6 is 11.8 Å². The predicted octanol–water partition coefficient (Wildman–Crippen LogP) is 1.65. The van der Waals surface area contributed by atoms with Crippen LogP contribution in [0.5, 0.6) is 5.75 Å². The molecule has 1 amide bonds. The number of hydrogen-bond donors (Lipinski definition) is 2. The summed E-state index contributed by atoms with van der Waals surface area (Å²) < 4.78 is 5.70. The molecule has 1 atom stereocenters. The number of aromatic nitrogens is 3. The minimum Gasteiger partial charge on any atom is -0.493 e. The highest BCUT2D eigenvalue weighted by Crippen LogP contribution is 2.26. The Morgan fingerprint density at radius 3 is 3.23 bits per heavy atom. The maximum atomic E-state index is 12.3. The van der Waals surface area contributed by atoms with Crippen LogP contribution in [0, 0.1) is 5.92 Å². The summed E-state index contributed by atoms with van der Waals surface area (Å²) in [6.07, 6.45) is 2.96. The van der Waals surface area contributed by atoms with E-state index in [0.29, 0.717) is 13.2 Å². The van der Waals surface area contributed by atoms with Crippen LogP contribution in [0.2, 0.25) is 0 Å². The van der Waals surface area contributed by atoms with E-state index in [1.165, 1.54) is 18.1 Å². The molecule has 1 aromatic carbocycles. The lowest BCUT2D eigenvalue weighted by molar-refractivity contribution is -0.125. The highest BCUT2D eigenvalue weighted by atomic mass is 32.2. The van der Waals surface area contributed by atoms with Crippen molar-refractivity contribution in [2.24, 2.45) is 5.92 Å². The number of rotatable bonds is 5. The lowest BCUT2D eigenvalue weighted by Gasteiger charge is -2.13. The van der Waals surface area contributed by atoms with E-state index in [1.54, 1.807) is 0 Å². The molecule has 0 bridgehead atoms. The average molecular weight is 318 g/mol. The summed E-state index contributed by atoms with van der Waals surface area (Å²) in [4.78, 5) is 16.3. The van der Waals surface area contributed by atoms with Gasteiger partial charge in [-0.2, -0.15) is 5.10 Å². The van der Waals surface area contributed by atoms with Crippen LogP contribution < -0.4 is 10.1 Å². The Morgan fingerprint density at radius 1 is 1.45 bits per heavy atom. The third-order valence-corrected chi connectivity index (χ3v) is 4.44. The van der Waals surface area contributed by atoms with E-state index in [2.05, 4.69) is 20.5 Å². The number of hydrogen-bond acceptors (Lipinski definition) is 5. The van der Waals surface area contributed by atoms with Gasteiger partial charge in [-0.25, -0.2) is 4.98 Å². The van der Waals surface area contributed by atoms with Crippen molar-refractivity contribution >= 4 is 17.7 Å². The number of ether oxygens (including phenoxy) is 1. The van der Waals surface area contributed by atoms with Gasteiger partial charge in [0.2, 0.25) is 5.91 Å². The molecule has 0 spiro atoms. The molecular formula is C15H18N4O2S. The Morgan fingerprint density at radius 2 is 2.36 bits per heavy atom. The number of para-hydroxylation sites is 1. The quantitative estimate of drug-likeness (QED) is 0.647. The van der Waals surface area contributed by atoms with Crippen molar-refractivity contribution in [2.75, 3.05) is 18.9 Å². The molecule has 1 aliphatic rings. The van der Waals surface area contributed by atoms with Crippen molar-refractivity contribution < 1.29 is 9.53 Å². The first-order chi connectivity index (χ1) is 10.8. The Balaban J connectivity index is 1.48. The third kappa shape index (κ3) is 3.79. The topological polar surface area (TPSA) is 79.9 Å². The van der Waals surface area contributed by atoms with Crippen LogP contribution in [-0.4, -0.2) is 40.0 Å². The van der Waals surface area contributed by atoms with Crippen LogP contribution in [0.25, 0.3) is 0 Å². The lowest BCUT2D eigenvalue weighted by atomic mass is 9.96. The molecule has 22 heavy (non-hydrogen) atoms. The summed E-state index contributed by atoms with van der Waals surface area (Å²) in [5, 5.41) is 10.3. The Kier molecular flexibility index (Phi) is 4.95. The number of nitrogens with one attached hydrogen (secondary N) is 2. The fourth-order valence-electron chi connectivity index (χ4n) is 2.45. The largest absolute Gasteiger partial charge is 0.493 e. The molecule has 7 heteroatoms. The van der Waals surface area contributed by atoms with Gasteiger partial charge >= 0.3 is 0 Å². The average Bonchev–Trinajstić information content (AvgIpc) is 2.95. The zero-order chi connectivity index (χ0) is 15.2. The summed E-state index contributed by atoms with van der Waals surface area (Å²) in [5.41, 5.74) is 1.11. The Hall–Kier alpha value is -2.02. The van der Waals surface area contributed by atoms with Gasteiger partial charge in [-0.05, 0) is 24.5 Å². The first-order valence-corrected chi connectivity index (χ1v) is 8.28. The minimum atomic E-state index is -0.0288. The molecule has 1 aromatic heterocycles. The molecule has 116 valence electrons. The van der Waals surface area contributed by atoms with Gasteiger partial charge in [-0.15, -0.1) is 0 Å². The van der Waals surface area contributed by atoms with E-state index in [9.17, 15) is 4.79 Å². The number of aromatic amines is 1. The standard InChI is InChI=1S/C15H18N4O2S/c20-14(16-6-8-22-15-17-10-18-19-15)12-5-7-21-13-4-2-1-3-11(13)9-12/h1-4,10,12H,5-9H2,(H,16,20)(H,17,18,19)/t12-/m0/s1. The second-order valence-electron chi connectivity index (χ2n) is 5.08. The second-order valence-corrected chi connectivity index (χ2v) is 6.16. The first-order valence-electron chi connectivity index (χ1n) is 7.29. The molecule has 0 saturated heterocycles. The van der Waals surface area contributed by atoms with E-state index in [0.717, 1.165) is 35.1 Å². The summed E-state index contributed by atoms with van der Waals surface area (Å²) in [6.45, 7) is 1.20. The Labute approximate surface area is 133 Å². The zero-order valence-corrected chi connectivity index (χ0v) is 12.9. The Bertz CT molecular complexity index is 618. The smallest absolute Gasteiger partial charge is 0.223 e. The molecular weight excluding hydrogens is 300 g/mol. The molecule has 0 fully saturated rings. The number of nitrogens with zero attached hydrogens (tertiary/aromatic N) is 2. The van der Waals surface area contributed by atoms with Gasteiger partial charge in [0, 0.05) is 18.2 Å². The van der Waals surface area contributed by atoms with Gasteiger partial charge in [-0.1, -0.05) is 30.0 Å². The van der Waals surface area contributed by atoms with Gasteiger partial charge in [0.1, 0.15) is 12.1 Å². The molecule has 0 unspecified atom stereocenters. The van der Waals surface area contributed by atoms with Crippen LogP contribution in [0.3, 0.4) is 0 Å². The fourth-order valence-corrected chi connectivity index (χ4v) is 3.08. The number of H-pyrrole nitrogens is 1. The summed E-state index contributed by atoms with van der Waals surface area (Å²) in [6, 6.07) is 7.93. The number of benzene rings is 1. The lowest BCUT2D eigenvalue weighted by Crippen LogP contribution is -2.33. The highest BCUT2D eigenvalue weighted by molar-refractivity contribution is 7.99. The SMILES string of the molecule is O=C(NCCSc1ncn[nH]1)[C@H]1CCOc2ccccc2C1. The number of carbonyl (C=O) groups is 1.